The van der Waals surface area contributed by atoms with E-state index in [1.54, 1.807) is 11.8 Å². The summed E-state index contributed by atoms with van der Waals surface area (Å²) in [4.78, 5) is 0. The minimum absolute atomic E-state index is 0.257. The zero-order valence-electron chi connectivity index (χ0n) is 9.12. The Morgan fingerprint density at radius 1 is 1.64 bits per heavy atom. The highest BCUT2D eigenvalue weighted by Gasteiger charge is 2.18. The van der Waals surface area contributed by atoms with Crippen LogP contribution in [0.25, 0.3) is 0 Å². The van der Waals surface area contributed by atoms with Gasteiger partial charge < -0.3 is 15.7 Å². The molecule has 0 aromatic rings. The van der Waals surface area contributed by atoms with Gasteiger partial charge in [0.25, 0.3) is 0 Å². The van der Waals surface area contributed by atoms with Crippen molar-refractivity contribution < 1.29 is 5.11 Å². The minimum atomic E-state index is 0.257. The molecule has 3 unspecified atom stereocenters. The van der Waals surface area contributed by atoms with Crippen LogP contribution in [0.3, 0.4) is 0 Å². The molecule has 4 heteroatoms. The van der Waals surface area contributed by atoms with Crippen molar-refractivity contribution in [2.24, 2.45) is 0 Å². The first kappa shape index (κ1) is 12.3. The summed E-state index contributed by atoms with van der Waals surface area (Å²) in [7, 11) is 0. The predicted octanol–water partition coefficient (Wildman–Crippen LogP) is 0.440. The van der Waals surface area contributed by atoms with Crippen LogP contribution >= 0.6 is 11.8 Å². The van der Waals surface area contributed by atoms with Crippen molar-refractivity contribution in [3.63, 3.8) is 0 Å². The normalized spacial score (nSPS) is 26.4. The largest absolute Gasteiger partial charge is 0.395 e. The number of hydrogen-bond acceptors (Lipinski definition) is 4. The van der Waals surface area contributed by atoms with Gasteiger partial charge in [0.2, 0.25) is 0 Å². The molecule has 84 valence electrons. The third kappa shape index (κ3) is 3.77. The lowest BCUT2D eigenvalue weighted by Crippen LogP contribution is -2.43. The fourth-order valence-electron chi connectivity index (χ4n) is 1.83. The van der Waals surface area contributed by atoms with E-state index in [1.807, 2.05) is 6.26 Å². The van der Waals surface area contributed by atoms with Gasteiger partial charge in [-0.3, -0.25) is 0 Å². The monoisotopic (exact) mass is 218 g/mol. The Hall–Kier alpha value is 0.230. The average molecular weight is 218 g/mol. The molecule has 3 nitrogen and oxygen atoms in total. The van der Waals surface area contributed by atoms with E-state index >= 15 is 0 Å². The average Bonchev–Trinajstić information content (AvgIpc) is 2.69. The van der Waals surface area contributed by atoms with Gasteiger partial charge in [-0.05, 0) is 32.6 Å². The Morgan fingerprint density at radius 3 is 2.93 bits per heavy atom. The van der Waals surface area contributed by atoms with Crippen LogP contribution in [-0.4, -0.2) is 48.4 Å². The lowest BCUT2D eigenvalue weighted by molar-refractivity contribution is 0.274. The molecule has 0 aromatic heterocycles. The molecule has 0 spiro atoms. The van der Waals surface area contributed by atoms with E-state index in [0.29, 0.717) is 17.3 Å². The summed E-state index contributed by atoms with van der Waals surface area (Å²) in [6.07, 6.45) is 4.63. The smallest absolute Gasteiger partial charge is 0.0564 e. The molecule has 1 fully saturated rings. The van der Waals surface area contributed by atoms with Crippen molar-refractivity contribution in [3.05, 3.63) is 0 Å². The second kappa shape index (κ2) is 6.67. The van der Waals surface area contributed by atoms with E-state index in [0.717, 1.165) is 13.1 Å². The third-order valence-corrected chi connectivity index (χ3v) is 4.05. The van der Waals surface area contributed by atoms with Crippen LogP contribution in [0.15, 0.2) is 0 Å². The summed E-state index contributed by atoms with van der Waals surface area (Å²) in [6.45, 7) is 4.59. The lowest BCUT2D eigenvalue weighted by Gasteiger charge is -2.23. The van der Waals surface area contributed by atoms with Gasteiger partial charge in [-0.2, -0.15) is 11.8 Å². The van der Waals surface area contributed by atoms with E-state index in [2.05, 4.69) is 17.6 Å². The van der Waals surface area contributed by atoms with E-state index in [4.69, 9.17) is 5.11 Å². The number of thioether (sulfide) groups is 1. The summed E-state index contributed by atoms with van der Waals surface area (Å²) in [5.41, 5.74) is 0. The van der Waals surface area contributed by atoms with Crippen LogP contribution < -0.4 is 10.6 Å². The van der Waals surface area contributed by atoms with Crippen LogP contribution in [0.1, 0.15) is 19.8 Å². The Labute approximate surface area is 91.0 Å². The number of aliphatic hydroxyl groups excluding tert-OH is 1. The second-order valence-electron chi connectivity index (χ2n) is 3.95. The van der Waals surface area contributed by atoms with Gasteiger partial charge in [-0.1, -0.05) is 0 Å². The summed E-state index contributed by atoms with van der Waals surface area (Å²) in [5, 5.41) is 16.4. The van der Waals surface area contributed by atoms with Gasteiger partial charge in [0.15, 0.2) is 0 Å². The zero-order valence-corrected chi connectivity index (χ0v) is 9.94. The molecular formula is C10H22N2OS. The number of rotatable bonds is 6. The Kier molecular flexibility index (Phi) is 5.86. The maximum Gasteiger partial charge on any atom is 0.0564 e. The van der Waals surface area contributed by atoms with E-state index < -0.39 is 0 Å². The Bertz CT molecular complexity index is 147. The molecular weight excluding hydrogens is 196 g/mol. The van der Waals surface area contributed by atoms with Crippen LogP contribution in [0.2, 0.25) is 0 Å². The maximum atomic E-state index is 9.11. The van der Waals surface area contributed by atoms with Gasteiger partial charge in [-0.15, -0.1) is 0 Å². The van der Waals surface area contributed by atoms with Gasteiger partial charge in [0.1, 0.15) is 0 Å². The minimum Gasteiger partial charge on any atom is -0.395 e. The number of aliphatic hydroxyl groups is 1. The van der Waals surface area contributed by atoms with Crippen LogP contribution in [0, 0.1) is 0 Å². The van der Waals surface area contributed by atoms with Crippen molar-refractivity contribution >= 4 is 11.8 Å². The first-order valence-electron chi connectivity index (χ1n) is 5.38. The molecule has 3 atom stereocenters. The highest BCUT2D eigenvalue weighted by molar-refractivity contribution is 7.99. The van der Waals surface area contributed by atoms with Crippen molar-refractivity contribution in [3.8, 4) is 0 Å². The molecule has 0 aliphatic carbocycles. The van der Waals surface area contributed by atoms with Crippen LogP contribution in [-0.2, 0) is 0 Å². The second-order valence-corrected chi connectivity index (χ2v) is 5.02. The molecule has 0 aromatic carbocycles. The van der Waals surface area contributed by atoms with Crippen LogP contribution in [0.5, 0.6) is 0 Å². The van der Waals surface area contributed by atoms with Crippen molar-refractivity contribution in [2.75, 3.05) is 26.0 Å². The van der Waals surface area contributed by atoms with Crippen molar-refractivity contribution in [1.29, 1.82) is 0 Å². The van der Waals surface area contributed by atoms with E-state index in [9.17, 15) is 0 Å². The standard InChI is InChI=1S/C10H22N2OS/c1-8(10(7-13)14-2)12-6-9-4-3-5-11-9/h8-13H,3-7H2,1-2H3. The van der Waals surface area contributed by atoms with E-state index in [1.165, 1.54) is 12.8 Å². The molecule has 1 aliphatic rings. The van der Waals surface area contributed by atoms with Crippen molar-refractivity contribution in [2.45, 2.75) is 37.1 Å². The highest BCUT2D eigenvalue weighted by Crippen LogP contribution is 2.11. The topological polar surface area (TPSA) is 44.3 Å². The molecule has 0 bridgehead atoms. The molecule has 1 heterocycles. The molecule has 1 saturated heterocycles. The summed E-state index contributed by atoms with van der Waals surface area (Å²) in [6, 6.07) is 1.02. The first-order chi connectivity index (χ1) is 6.77. The summed E-state index contributed by atoms with van der Waals surface area (Å²) in [5.74, 6) is 0. The molecule has 1 aliphatic heterocycles. The number of hydrogen-bond donors (Lipinski definition) is 3. The summed E-state index contributed by atoms with van der Waals surface area (Å²) >= 11 is 1.73. The number of nitrogens with one attached hydrogen (secondary N) is 2. The molecule has 0 radical (unpaired) electrons. The Balaban J connectivity index is 2.15. The quantitative estimate of drug-likeness (QED) is 0.605. The highest BCUT2D eigenvalue weighted by atomic mass is 32.2. The lowest BCUT2D eigenvalue weighted by atomic mass is 10.2. The molecule has 1 rings (SSSR count). The maximum absolute atomic E-state index is 9.11. The molecule has 0 saturated carbocycles. The molecule has 0 amide bonds. The van der Waals surface area contributed by atoms with Gasteiger partial charge in [0.05, 0.1) is 6.61 Å². The fourth-order valence-corrected chi connectivity index (χ4v) is 2.48. The first-order valence-corrected chi connectivity index (χ1v) is 6.67. The fraction of sp³-hybridized carbons (Fsp3) is 1.00. The van der Waals surface area contributed by atoms with Crippen LogP contribution in [0.4, 0.5) is 0 Å². The SMILES string of the molecule is CSC(CO)C(C)NCC1CCCN1. The van der Waals surface area contributed by atoms with Gasteiger partial charge in [-0.25, -0.2) is 0 Å². The molecule has 3 N–H and O–H groups in total. The molecule has 14 heavy (non-hydrogen) atoms. The van der Waals surface area contributed by atoms with E-state index in [-0.39, 0.29) is 6.61 Å². The zero-order chi connectivity index (χ0) is 10.4. The third-order valence-electron chi connectivity index (χ3n) is 2.89. The van der Waals surface area contributed by atoms with Crippen molar-refractivity contribution in [1.82, 2.24) is 10.6 Å². The van der Waals surface area contributed by atoms with Gasteiger partial charge >= 0.3 is 0 Å². The van der Waals surface area contributed by atoms with Gasteiger partial charge in [0, 0.05) is 23.9 Å². The Morgan fingerprint density at radius 2 is 2.43 bits per heavy atom. The summed E-state index contributed by atoms with van der Waals surface area (Å²) < 4.78 is 0. The predicted molar refractivity (Wildman–Crippen MR) is 62.9 cm³/mol.